The number of hydrogen-bond donors (Lipinski definition) is 0. The van der Waals surface area contributed by atoms with Crippen molar-refractivity contribution in [3.05, 3.63) is 468 Å². The van der Waals surface area contributed by atoms with Crippen molar-refractivity contribution in [3.63, 3.8) is 0 Å². The predicted octanol–water partition coefficient (Wildman–Crippen LogP) is 30.3. The van der Waals surface area contributed by atoms with Crippen molar-refractivity contribution in [3.8, 4) is 67.5 Å². The fraction of sp³-hybridized carbons (Fsp3) is 0.0364. The lowest BCUT2D eigenvalue weighted by atomic mass is 9.67. The third-order valence-corrected chi connectivity index (χ3v) is 24.1. The molecule has 19 aromatic rings. The van der Waals surface area contributed by atoms with Gasteiger partial charge in [0, 0.05) is 33.5 Å². The molecule has 0 amide bonds. The van der Waals surface area contributed by atoms with Gasteiger partial charge >= 0.3 is 0 Å². The molecule has 0 aliphatic heterocycles. The van der Waals surface area contributed by atoms with Gasteiger partial charge < -0.3 is 28.1 Å². The molecule has 21 rings (SSSR count). The summed E-state index contributed by atoms with van der Waals surface area (Å²) in [5, 5.41) is 4.01. The molecule has 0 radical (unpaired) electrons. The van der Waals surface area contributed by atoms with Crippen LogP contribution in [-0.2, 0) is 10.8 Å². The SMILES string of the molecule is C=Cc1ccc(Oc2ccc(C3(c4ccc(F)cc4)c4ccccc4-c4ccc(N(c5ccc(-c6cc(C)c(-c7ccc(N(c8ccc9c(c8)C(c8ccc(F)cc8)(c8ccc(Oc%10ccc(C=C)cc%10)cc8)c8ccccc8-9)c8cccc9oc%10ccccc%10c89)cc7)cc6C)cc5)c5cccc6oc7ccccc7c56)cc43)cc2)cc1. The minimum absolute atomic E-state index is 0.307. The zero-order chi connectivity index (χ0) is 79.3. The maximum absolute atomic E-state index is 15.3. The first kappa shape index (κ1) is 70.7. The molecule has 2 aliphatic carbocycles. The summed E-state index contributed by atoms with van der Waals surface area (Å²) in [6.07, 6.45) is 3.64. The Kier molecular flexibility index (Phi) is 17.1. The summed E-state index contributed by atoms with van der Waals surface area (Å²) >= 11 is 0. The van der Waals surface area contributed by atoms with E-state index < -0.39 is 10.8 Å². The van der Waals surface area contributed by atoms with Gasteiger partial charge in [-0.25, -0.2) is 8.78 Å². The van der Waals surface area contributed by atoms with Gasteiger partial charge in [-0.3, -0.25) is 0 Å². The summed E-state index contributed by atoms with van der Waals surface area (Å²) in [6.45, 7) is 12.3. The molecule has 2 atom stereocenters. The van der Waals surface area contributed by atoms with Crippen LogP contribution in [0, 0.1) is 25.5 Å². The van der Waals surface area contributed by atoms with Crippen LogP contribution >= 0.6 is 0 Å². The highest BCUT2D eigenvalue weighted by molar-refractivity contribution is 6.15. The number of benzene rings is 17. The first-order valence-corrected chi connectivity index (χ1v) is 39.7. The number of anilines is 6. The number of furan rings is 2. The summed E-state index contributed by atoms with van der Waals surface area (Å²) in [5.41, 5.74) is 28.3. The predicted molar refractivity (Wildman–Crippen MR) is 478 cm³/mol. The molecule has 2 unspecified atom stereocenters. The lowest BCUT2D eigenvalue weighted by molar-refractivity contribution is 0.482. The van der Waals surface area contributed by atoms with Crippen LogP contribution in [0.3, 0.4) is 0 Å². The van der Waals surface area contributed by atoms with Gasteiger partial charge in [-0.15, -0.1) is 0 Å². The molecular formula is C110H74F2N2O4. The minimum Gasteiger partial charge on any atom is -0.457 e. The Morgan fingerprint density at radius 1 is 0.288 bits per heavy atom. The second-order valence-electron chi connectivity index (χ2n) is 30.6. The van der Waals surface area contributed by atoms with E-state index in [0.29, 0.717) is 11.5 Å². The van der Waals surface area contributed by atoms with Crippen LogP contribution in [0.15, 0.2) is 398 Å². The van der Waals surface area contributed by atoms with Crippen LogP contribution in [0.4, 0.5) is 42.9 Å². The van der Waals surface area contributed by atoms with Crippen LogP contribution in [0.5, 0.6) is 23.0 Å². The molecule has 6 nitrogen and oxygen atoms in total. The van der Waals surface area contributed by atoms with E-state index in [1.165, 1.54) is 0 Å². The summed E-state index contributed by atoms with van der Waals surface area (Å²) in [6, 6.07) is 129. The first-order chi connectivity index (χ1) is 58.0. The molecule has 118 heavy (non-hydrogen) atoms. The Labute approximate surface area is 682 Å². The van der Waals surface area contributed by atoms with E-state index in [0.717, 1.165) is 201 Å². The quantitative estimate of drug-likeness (QED) is 0.0853. The van der Waals surface area contributed by atoms with E-state index in [9.17, 15) is 0 Å². The van der Waals surface area contributed by atoms with E-state index in [2.05, 4.69) is 255 Å². The van der Waals surface area contributed by atoms with Crippen LogP contribution in [0.25, 0.3) is 101 Å². The smallest absolute Gasteiger partial charge is 0.137 e. The van der Waals surface area contributed by atoms with Crippen molar-refractivity contribution in [2.24, 2.45) is 0 Å². The lowest BCUT2D eigenvalue weighted by Gasteiger charge is -2.35. The zero-order valence-corrected chi connectivity index (χ0v) is 64.6. The largest absolute Gasteiger partial charge is 0.457 e. The van der Waals surface area contributed by atoms with Gasteiger partial charge in [0.1, 0.15) is 57.0 Å². The minimum atomic E-state index is -0.883. The number of hydrogen-bond acceptors (Lipinski definition) is 6. The van der Waals surface area contributed by atoms with Crippen LogP contribution < -0.4 is 19.3 Å². The van der Waals surface area contributed by atoms with Crippen molar-refractivity contribution >= 4 is 90.2 Å². The molecule has 0 fully saturated rings. The second kappa shape index (κ2) is 28.5. The summed E-state index contributed by atoms with van der Waals surface area (Å²) < 4.78 is 56.9. The van der Waals surface area contributed by atoms with Gasteiger partial charge in [-0.2, -0.15) is 0 Å². The molecule has 0 bridgehead atoms. The normalized spacial score (nSPS) is 14.4. The Balaban J connectivity index is 0.657. The Morgan fingerprint density at radius 2 is 0.610 bits per heavy atom. The summed E-state index contributed by atoms with van der Waals surface area (Å²) in [4.78, 5) is 4.72. The molecule has 2 aliphatic rings. The molecule has 2 aromatic heterocycles. The van der Waals surface area contributed by atoms with E-state index in [-0.39, 0.29) is 11.6 Å². The number of nitrogens with zero attached hydrogens (tertiary/aromatic N) is 2. The number of aryl methyl sites for hydroxylation is 2. The van der Waals surface area contributed by atoms with Crippen molar-refractivity contribution in [2.75, 3.05) is 9.80 Å². The van der Waals surface area contributed by atoms with Gasteiger partial charge in [0.2, 0.25) is 0 Å². The molecule has 17 aromatic carbocycles. The third kappa shape index (κ3) is 11.6. The third-order valence-electron chi connectivity index (χ3n) is 24.1. The zero-order valence-electron chi connectivity index (χ0n) is 64.6. The molecular weight excluding hydrogens is 1450 g/mol. The highest BCUT2D eigenvalue weighted by atomic mass is 19.1. The Morgan fingerprint density at radius 3 is 0.992 bits per heavy atom. The summed E-state index contributed by atoms with van der Waals surface area (Å²) in [7, 11) is 0. The maximum Gasteiger partial charge on any atom is 0.137 e. The molecule has 0 N–H and O–H groups in total. The van der Waals surface area contributed by atoms with E-state index in [4.69, 9.17) is 18.3 Å². The molecule has 2 heterocycles. The number of halogens is 2. The van der Waals surface area contributed by atoms with Crippen LogP contribution in [0.2, 0.25) is 0 Å². The van der Waals surface area contributed by atoms with Crippen LogP contribution in [0.1, 0.15) is 66.8 Å². The highest BCUT2D eigenvalue weighted by Crippen LogP contribution is 2.61. The van der Waals surface area contributed by atoms with Crippen molar-refractivity contribution in [1.29, 1.82) is 0 Å². The fourth-order valence-corrected chi connectivity index (χ4v) is 18.7. The maximum atomic E-state index is 15.3. The number of rotatable bonds is 18. The first-order valence-electron chi connectivity index (χ1n) is 39.7. The van der Waals surface area contributed by atoms with Crippen molar-refractivity contribution < 1.29 is 27.1 Å². The molecule has 0 spiro atoms. The lowest BCUT2D eigenvalue weighted by Crippen LogP contribution is -2.29. The Bertz CT molecular complexity index is 6740. The highest BCUT2D eigenvalue weighted by Gasteiger charge is 2.49. The molecule has 0 saturated carbocycles. The number of ether oxygens (including phenoxy) is 2. The number of para-hydroxylation sites is 2. The van der Waals surface area contributed by atoms with Gasteiger partial charge in [-0.1, -0.05) is 244 Å². The Hall–Kier alpha value is -15.1. The standard InChI is InChI=1S/C110H74F2N2O4/c1-5-71-29-55-85(56-30-71)115-87-59-41-77(42-60-87)109(75-37-45-79(111)46-38-75)97-21-11-7-17-89(97)91-63-53-83(67-99(91)109)113(101-23-15-27-105-107(101)93-19-9-13-25-103(93)117-105)81-49-33-73(34-50-81)95-65-70(4)96(66-69(95)3)74-35-51-82(52-36-74)114(102-24-16-28-106-108(102)94-20-10-14-26-104(94)118-106)84-54-64-92-90-18-8-12-22-98(90)110(100(92)68-84,76-39-47-80(112)48-40-76)78-43-61-88(62-44-78)116-86-57-31-72(6-2)32-58-86/h5-68H,1-2H2,3-4H3. The average Bonchev–Trinajstić information content (AvgIpc) is 1.54. The van der Waals surface area contributed by atoms with Gasteiger partial charge in [0.15, 0.2) is 0 Å². The van der Waals surface area contributed by atoms with E-state index >= 15 is 8.78 Å². The fourth-order valence-electron chi connectivity index (χ4n) is 18.7. The molecule has 562 valence electrons. The van der Waals surface area contributed by atoms with Gasteiger partial charge in [0.05, 0.1) is 33.0 Å². The van der Waals surface area contributed by atoms with E-state index in [1.54, 1.807) is 24.3 Å². The monoisotopic (exact) mass is 1520 g/mol. The van der Waals surface area contributed by atoms with Gasteiger partial charge in [0.25, 0.3) is 0 Å². The summed E-state index contributed by atoms with van der Waals surface area (Å²) in [5.74, 6) is 2.21. The molecule has 8 heteroatoms. The number of fused-ring (bicyclic) bond motifs is 12. The average molecular weight is 1530 g/mol. The topological polar surface area (TPSA) is 51.2 Å². The van der Waals surface area contributed by atoms with Crippen molar-refractivity contribution in [1.82, 2.24) is 0 Å². The molecule has 0 saturated heterocycles. The van der Waals surface area contributed by atoms with E-state index in [1.807, 2.05) is 146 Å². The second-order valence-corrected chi connectivity index (χ2v) is 30.6. The van der Waals surface area contributed by atoms with Crippen LogP contribution in [-0.4, -0.2) is 0 Å². The van der Waals surface area contributed by atoms with Crippen molar-refractivity contribution in [2.45, 2.75) is 24.7 Å². The van der Waals surface area contributed by atoms with Gasteiger partial charge in [-0.05, 0) is 283 Å².